The van der Waals surface area contributed by atoms with Crippen molar-refractivity contribution in [3.05, 3.63) is 40.0 Å². The van der Waals surface area contributed by atoms with Gasteiger partial charge >= 0.3 is 0 Å². The molecule has 0 saturated heterocycles. The molecular weight excluding hydrogens is 285 g/mol. The first-order valence-corrected chi connectivity index (χ1v) is 5.89. The van der Waals surface area contributed by atoms with Crippen molar-refractivity contribution in [2.24, 2.45) is 0 Å². The van der Waals surface area contributed by atoms with E-state index in [-0.39, 0.29) is 0 Å². The van der Waals surface area contributed by atoms with Gasteiger partial charge in [0, 0.05) is 15.7 Å². The minimum Gasteiger partial charge on any atom is -0.236 e. The van der Waals surface area contributed by atoms with Gasteiger partial charge in [0.2, 0.25) is 0 Å². The Labute approximate surface area is 100 Å². The average Bonchev–Trinajstić information content (AvgIpc) is 2.17. The first kappa shape index (κ1) is 10.2. The number of hydrogen-bond donors (Lipinski definition) is 0. The molecule has 0 saturated carbocycles. The Morgan fingerprint density at radius 1 is 1.21 bits per heavy atom. The maximum absolute atomic E-state index is 5.91. The van der Waals surface area contributed by atoms with Gasteiger partial charge in [-0.2, -0.15) is 0 Å². The molecule has 1 heterocycles. The van der Waals surface area contributed by atoms with Crippen molar-refractivity contribution in [3.63, 3.8) is 0 Å². The third kappa shape index (κ3) is 1.88. The summed E-state index contributed by atoms with van der Waals surface area (Å²) in [7, 11) is 0. The van der Waals surface area contributed by atoms with E-state index in [4.69, 9.17) is 23.2 Å². The van der Waals surface area contributed by atoms with E-state index in [1.54, 1.807) is 0 Å². The largest absolute Gasteiger partial charge is 0.236 e. The Bertz CT molecular complexity index is 485. The zero-order valence-electron chi connectivity index (χ0n) is 7.10. The lowest BCUT2D eigenvalue weighted by atomic mass is 10.1. The van der Waals surface area contributed by atoms with E-state index in [0.29, 0.717) is 10.2 Å². The molecule has 0 unspecified atom stereocenters. The van der Waals surface area contributed by atoms with Crippen LogP contribution in [-0.4, -0.2) is 4.98 Å². The Hall–Kier alpha value is -0.310. The van der Waals surface area contributed by atoms with Crippen LogP contribution in [0.15, 0.2) is 24.3 Å². The molecule has 0 spiro atoms. The standard InChI is InChI=1S/C10H6BrCl2N/c11-5-6-3-10(13)14-9-2-1-7(12)4-8(6)9/h1-4H,5H2. The number of pyridine rings is 1. The van der Waals surface area contributed by atoms with Crippen LogP contribution in [0.3, 0.4) is 0 Å². The molecule has 0 fully saturated rings. The predicted octanol–water partition coefficient (Wildman–Crippen LogP) is 4.44. The minimum atomic E-state index is 0.509. The van der Waals surface area contributed by atoms with Crippen molar-refractivity contribution in [2.75, 3.05) is 0 Å². The molecule has 0 aliphatic heterocycles. The fourth-order valence-corrected chi connectivity index (χ4v) is 2.20. The van der Waals surface area contributed by atoms with E-state index < -0.39 is 0 Å². The van der Waals surface area contributed by atoms with Gasteiger partial charge in [0.15, 0.2) is 0 Å². The number of hydrogen-bond acceptors (Lipinski definition) is 1. The van der Waals surface area contributed by atoms with Crippen LogP contribution in [0.2, 0.25) is 10.2 Å². The molecule has 2 aromatic rings. The molecule has 72 valence electrons. The van der Waals surface area contributed by atoms with Crippen molar-refractivity contribution in [1.29, 1.82) is 0 Å². The predicted molar refractivity (Wildman–Crippen MR) is 64.4 cm³/mol. The van der Waals surface area contributed by atoms with E-state index >= 15 is 0 Å². The van der Waals surface area contributed by atoms with Gasteiger partial charge in [0.1, 0.15) is 5.15 Å². The average molecular weight is 291 g/mol. The summed E-state index contributed by atoms with van der Waals surface area (Å²) in [6.45, 7) is 0. The second-order valence-corrected chi connectivity index (χ2v) is 4.28. The van der Waals surface area contributed by atoms with Crippen LogP contribution in [-0.2, 0) is 5.33 Å². The number of nitrogens with zero attached hydrogens (tertiary/aromatic N) is 1. The van der Waals surface area contributed by atoms with Crippen LogP contribution in [0.1, 0.15) is 5.56 Å². The van der Waals surface area contributed by atoms with Crippen molar-refractivity contribution >= 4 is 50.0 Å². The normalized spacial score (nSPS) is 10.8. The summed E-state index contributed by atoms with van der Waals surface area (Å²) in [4.78, 5) is 4.21. The maximum Gasteiger partial charge on any atom is 0.130 e. The zero-order chi connectivity index (χ0) is 10.1. The van der Waals surface area contributed by atoms with E-state index in [1.165, 1.54) is 0 Å². The maximum atomic E-state index is 5.91. The molecule has 0 aliphatic carbocycles. The summed E-state index contributed by atoms with van der Waals surface area (Å²) in [5.74, 6) is 0. The lowest BCUT2D eigenvalue weighted by Gasteiger charge is -2.04. The van der Waals surface area contributed by atoms with Crippen LogP contribution in [0, 0.1) is 0 Å². The number of halogens is 3. The molecule has 1 nitrogen and oxygen atoms in total. The Morgan fingerprint density at radius 2 is 2.00 bits per heavy atom. The van der Waals surface area contributed by atoms with Gasteiger partial charge in [-0.05, 0) is 29.8 Å². The van der Waals surface area contributed by atoms with Crippen LogP contribution >= 0.6 is 39.1 Å². The summed E-state index contributed by atoms with van der Waals surface area (Å²) in [5.41, 5.74) is 1.97. The van der Waals surface area contributed by atoms with Gasteiger partial charge < -0.3 is 0 Å². The van der Waals surface area contributed by atoms with Gasteiger partial charge in [0.25, 0.3) is 0 Å². The molecule has 0 bridgehead atoms. The molecule has 0 aliphatic rings. The Balaban J connectivity index is 2.81. The monoisotopic (exact) mass is 289 g/mol. The zero-order valence-corrected chi connectivity index (χ0v) is 10.2. The molecule has 0 radical (unpaired) electrons. The highest BCUT2D eigenvalue weighted by Crippen LogP contribution is 2.25. The highest BCUT2D eigenvalue weighted by Gasteiger charge is 2.04. The topological polar surface area (TPSA) is 12.9 Å². The summed E-state index contributed by atoms with van der Waals surface area (Å²) < 4.78 is 0. The number of alkyl halides is 1. The smallest absolute Gasteiger partial charge is 0.130 e. The molecule has 0 amide bonds. The quantitative estimate of drug-likeness (QED) is 0.559. The van der Waals surface area contributed by atoms with Crippen LogP contribution in [0.5, 0.6) is 0 Å². The second-order valence-electron chi connectivity index (χ2n) is 2.90. The van der Waals surface area contributed by atoms with E-state index in [9.17, 15) is 0 Å². The van der Waals surface area contributed by atoms with Crippen molar-refractivity contribution in [3.8, 4) is 0 Å². The molecule has 0 N–H and O–H groups in total. The van der Waals surface area contributed by atoms with E-state index in [2.05, 4.69) is 20.9 Å². The van der Waals surface area contributed by atoms with Crippen LogP contribution in [0.25, 0.3) is 10.9 Å². The third-order valence-corrected chi connectivity index (χ3v) is 3.00. The van der Waals surface area contributed by atoms with Crippen molar-refractivity contribution in [1.82, 2.24) is 4.98 Å². The molecule has 14 heavy (non-hydrogen) atoms. The lowest BCUT2D eigenvalue weighted by molar-refractivity contribution is 1.36. The molecule has 1 aromatic carbocycles. The first-order chi connectivity index (χ1) is 6.70. The Morgan fingerprint density at radius 3 is 2.71 bits per heavy atom. The van der Waals surface area contributed by atoms with Gasteiger partial charge in [-0.1, -0.05) is 39.1 Å². The third-order valence-electron chi connectivity index (χ3n) is 1.97. The van der Waals surface area contributed by atoms with Gasteiger partial charge in [0.05, 0.1) is 5.52 Å². The van der Waals surface area contributed by atoms with Gasteiger partial charge in [-0.15, -0.1) is 0 Å². The number of benzene rings is 1. The Kier molecular flexibility index (Phi) is 2.96. The number of fused-ring (bicyclic) bond motifs is 1. The highest BCUT2D eigenvalue weighted by atomic mass is 79.9. The molecule has 0 atom stereocenters. The molecule has 4 heteroatoms. The van der Waals surface area contributed by atoms with Gasteiger partial charge in [-0.3, -0.25) is 0 Å². The minimum absolute atomic E-state index is 0.509. The van der Waals surface area contributed by atoms with Crippen LogP contribution in [0.4, 0.5) is 0 Å². The van der Waals surface area contributed by atoms with Crippen LogP contribution < -0.4 is 0 Å². The number of aromatic nitrogens is 1. The van der Waals surface area contributed by atoms with E-state index in [1.807, 2.05) is 24.3 Å². The lowest BCUT2D eigenvalue weighted by Crippen LogP contribution is -1.86. The highest BCUT2D eigenvalue weighted by molar-refractivity contribution is 9.08. The second kappa shape index (κ2) is 4.05. The summed E-state index contributed by atoms with van der Waals surface area (Å²) >= 11 is 15.2. The molecular formula is C10H6BrCl2N. The van der Waals surface area contributed by atoms with E-state index in [0.717, 1.165) is 21.8 Å². The molecule has 2 rings (SSSR count). The summed E-state index contributed by atoms with van der Waals surface area (Å²) in [5, 5.41) is 3.00. The fraction of sp³-hybridized carbons (Fsp3) is 0.100. The van der Waals surface area contributed by atoms with Crippen molar-refractivity contribution in [2.45, 2.75) is 5.33 Å². The summed E-state index contributed by atoms with van der Waals surface area (Å²) in [6.07, 6.45) is 0. The van der Waals surface area contributed by atoms with Crippen molar-refractivity contribution < 1.29 is 0 Å². The molecule has 1 aromatic heterocycles. The SMILES string of the molecule is Clc1ccc2nc(Cl)cc(CBr)c2c1. The summed E-state index contributed by atoms with van der Waals surface area (Å²) in [6, 6.07) is 7.42. The fourth-order valence-electron chi connectivity index (χ4n) is 1.34. The number of rotatable bonds is 1. The van der Waals surface area contributed by atoms with Gasteiger partial charge in [-0.25, -0.2) is 4.98 Å². The first-order valence-electron chi connectivity index (χ1n) is 4.01.